The fourth-order valence-corrected chi connectivity index (χ4v) is 1.94. The number of halogens is 2. The largest absolute Gasteiger partial charge is 0.478 e. The smallest absolute Gasteiger partial charge is 0.335 e. The molecule has 110 valence electrons. The van der Waals surface area contributed by atoms with Gasteiger partial charge in [-0.2, -0.15) is 0 Å². The van der Waals surface area contributed by atoms with Crippen LogP contribution in [0.15, 0.2) is 30.3 Å². The Bertz CT molecular complexity index is 689. The van der Waals surface area contributed by atoms with E-state index in [9.17, 15) is 9.18 Å². The molecule has 0 atom stereocenters. The van der Waals surface area contributed by atoms with Crippen molar-refractivity contribution in [3.63, 3.8) is 0 Å². The van der Waals surface area contributed by atoms with Gasteiger partial charge < -0.3 is 10.4 Å². The third kappa shape index (κ3) is 3.70. The molecule has 0 aliphatic rings. The van der Waals surface area contributed by atoms with E-state index >= 15 is 0 Å². The fourth-order valence-electron chi connectivity index (χ4n) is 1.76. The van der Waals surface area contributed by atoms with Crippen LogP contribution in [-0.2, 0) is 0 Å². The Morgan fingerprint density at radius 2 is 2.05 bits per heavy atom. The zero-order valence-electron chi connectivity index (χ0n) is 11.5. The molecule has 0 aliphatic carbocycles. The third-order valence-electron chi connectivity index (χ3n) is 2.88. The average Bonchev–Trinajstić information content (AvgIpc) is 2.42. The summed E-state index contributed by atoms with van der Waals surface area (Å²) in [6, 6.07) is 7.11. The normalized spacial score (nSPS) is 10.7. The van der Waals surface area contributed by atoms with Crippen molar-refractivity contribution in [3.8, 4) is 0 Å². The minimum Gasteiger partial charge on any atom is -0.478 e. The van der Waals surface area contributed by atoms with E-state index in [2.05, 4.69) is 10.3 Å². The minimum atomic E-state index is -1.03. The van der Waals surface area contributed by atoms with Gasteiger partial charge in [0.2, 0.25) is 0 Å². The van der Waals surface area contributed by atoms with Gasteiger partial charge in [-0.05, 0) is 36.2 Å². The Labute approximate surface area is 126 Å². The minimum absolute atomic E-state index is 0.0153. The van der Waals surface area contributed by atoms with Gasteiger partial charge in [-0.25, -0.2) is 14.2 Å². The number of nitrogens with zero attached hydrogens (tertiary/aromatic N) is 1. The van der Waals surface area contributed by atoms with Crippen LogP contribution in [0.1, 0.15) is 35.8 Å². The van der Waals surface area contributed by atoms with Crippen molar-refractivity contribution in [2.24, 2.45) is 0 Å². The first-order valence-electron chi connectivity index (χ1n) is 6.34. The number of hydrogen-bond acceptors (Lipinski definition) is 3. The van der Waals surface area contributed by atoms with Gasteiger partial charge in [-0.1, -0.05) is 25.4 Å². The lowest BCUT2D eigenvalue weighted by molar-refractivity contribution is 0.0696. The maximum atomic E-state index is 13.1. The summed E-state index contributed by atoms with van der Waals surface area (Å²) < 4.78 is 13.1. The van der Waals surface area contributed by atoms with E-state index in [-0.39, 0.29) is 16.5 Å². The number of aromatic nitrogens is 1. The zero-order chi connectivity index (χ0) is 15.6. The number of carbonyl (C=O) groups is 1. The van der Waals surface area contributed by atoms with Crippen LogP contribution < -0.4 is 5.32 Å². The van der Waals surface area contributed by atoms with Crippen LogP contribution in [0.5, 0.6) is 0 Å². The molecule has 0 unspecified atom stereocenters. The van der Waals surface area contributed by atoms with Gasteiger partial charge in [0, 0.05) is 11.4 Å². The van der Waals surface area contributed by atoms with Gasteiger partial charge in [-0.15, -0.1) is 0 Å². The summed E-state index contributed by atoms with van der Waals surface area (Å²) in [5.74, 6) is -1.08. The number of aromatic carboxylic acids is 1. The van der Waals surface area contributed by atoms with E-state index < -0.39 is 11.8 Å². The summed E-state index contributed by atoms with van der Waals surface area (Å²) in [4.78, 5) is 15.5. The number of anilines is 2. The quantitative estimate of drug-likeness (QED) is 0.876. The lowest BCUT2D eigenvalue weighted by Crippen LogP contribution is -2.04. The van der Waals surface area contributed by atoms with E-state index in [1.54, 1.807) is 0 Å². The Balaban J connectivity index is 2.38. The highest BCUT2D eigenvalue weighted by Gasteiger charge is 2.11. The lowest BCUT2D eigenvalue weighted by Gasteiger charge is -2.11. The molecule has 0 saturated heterocycles. The zero-order valence-corrected chi connectivity index (χ0v) is 12.3. The molecule has 0 saturated carbocycles. The maximum Gasteiger partial charge on any atom is 0.335 e. The Kier molecular flexibility index (Phi) is 4.43. The molecule has 2 aromatic rings. The summed E-state index contributed by atoms with van der Waals surface area (Å²) in [5, 5.41) is 12.1. The Morgan fingerprint density at radius 3 is 2.62 bits per heavy atom. The van der Waals surface area contributed by atoms with Crippen LogP contribution in [0.3, 0.4) is 0 Å². The number of benzene rings is 1. The second-order valence-corrected chi connectivity index (χ2v) is 5.29. The number of pyridine rings is 1. The standard InChI is InChI=1S/C15H14ClFN2O2/c1-8(2)13-5-9(15(20)21)6-14(19-13)18-10-3-4-12(17)11(16)7-10/h3-8H,1-2H3,(H,18,19)(H,20,21). The highest BCUT2D eigenvalue weighted by atomic mass is 35.5. The first kappa shape index (κ1) is 15.3. The molecule has 1 aromatic carbocycles. The maximum absolute atomic E-state index is 13.1. The highest BCUT2D eigenvalue weighted by Crippen LogP contribution is 2.24. The Hall–Kier alpha value is -2.14. The van der Waals surface area contributed by atoms with Crippen LogP contribution in [0, 0.1) is 5.82 Å². The summed E-state index contributed by atoms with van der Waals surface area (Å²) in [5.41, 5.74) is 1.33. The second kappa shape index (κ2) is 6.10. The predicted molar refractivity (Wildman–Crippen MR) is 80.0 cm³/mol. The molecule has 1 heterocycles. The first-order chi connectivity index (χ1) is 9.86. The molecule has 21 heavy (non-hydrogen) atoms. The number of nitrogens with one attached hydrogen (secondary N) is 1. The van der Waals surface area contributed by atoms with E-state index in [0.29, 0.717) is 17.2 Å². The number of carboxylic acid groups (broad SMARTS) is 1. The summed E-state index contributed by atoms with van der Waals surface area (Å²) in [6.07, 6.45) is 0. The van der Waals surface area contributed by atoms with Gasteiger partial charge in [0.05, 0.1) is 10.6 Å². The first-order valence-corrected chi connectivity index (χ1v) is 6.72. The van der Waals surface area contributed by atoms with Crippen LogP contribution in [0.4, 0.5) is 15.9 Å². The van der Waals surface area contributed by atoms with Gasteiger partial charge in [0.1, 0.15) is 11.6 Å². The predicted octanol–water partition coefficient (Wildman–Crippen LogP) is 4.44. The molecular formula is C15H14ClFN2O2. The van der Waals surface area contributed by atoms with Crippen LogP contribution >= 0.6 is 11.6 Å². The van der Waals surface area contributed by atoms with Gasteiger partial charge in [0.15, 0.2) is 0 Å². The molecule has 0 radical (unpaired) electrons. The van der Waals surface area contributed by atoms with E-state index in [1.807, 2.05) is 13.8 Å². The molecule has 0 fully saturated rings. The monoisotopic (exact) mass is 308 g/mol. The van der Waals surface area contributed by atoms with Crippen LogP contribution in [-0.4, -0.2) is 16.1 Å². The molecule has 6 heteroatoms. The molecule has 0 aliphatic heterocycles. The molecule has 0 spiro atoms. The summed E-state index contributed by atoms with van der Waals surface area (Å²) in [6.45, 7) is 3.85. The van der Waals surface area contributed by atoms with E-state index in [0.717, 1.165) is 0 Å². The topological polar surface area (TPSA) is 62.2 Å². The third-order valence-corrected chi connectivity index (χ3v) is 3.17. The average molecular weight is 309 g/mol. The molecule has 2 N–H and O–H groups in total. The van der Waals surface area contributed by atoms with Crippen molar-refractivity contribution in [1.29, 1.82) is 0 Å². The molecular weight excluding hydrogens is 295 g/mol. The van der Waals surface area contributed by atoms with Gasteiger partial charge in [0.25, 0.3) is 0 Å². The van der Waals surface area contributed by atoms with Crippen molar-refractivity contribution < 1.29 is 14.3 Å². The van der Waals surface area contributed by atoms with Crippen LogP contribution in [0.25, 0.3) is 0 Å². The molecule has 1 aromatic heterocycles. The van der Waals surface area contributed by atoms with Gasteiger partial charge in [-0.3, -0.25) is 0 Å². The highest BCUT2D eigenvalue weighted by molar-refractivity contribution is 6.31. The number of carboxylic acids is 1. The van der Waals surface area contributed by atoms with Crippen molar-refractivity contribution in [2.75, 3.05) is 5.32 Å². The van der Waals surface area contributed by atoms with E-state index in [1.165, 1.54) is 30.3 Å². The summed E-state index contributed by atoms with van der Waals surface area (Å²) >= 11 is 5.71. The van der Waals surface area contributed by atoms with Crippen molar-refractivity contribution in [2.45, 2.75) is 19.8 Å². The van der Waals surface area contributed by atoms with Crippen molar-refractivity contribution in [3.05, 3.63) is 52.4 Å². The second-order valence-electron chi connectivity index (χ2n) is 4.88. The molecule has 2 rings (SSSR count). The molecule has 4 nitrogen and oxygen atoms in total. The van der Waals surface area contributed by atoms with Gasteiger partial charge >= 0.3 is 5.97 Å². The number of rotatable bonds is 4. The fraction of sp³-hybridized carbons (Fsp3) is 0.200. The molecule has 0 amide bonds. The SMILES string of the molecule is CC(C)c1cc(C(=O)O)cc(Nc2ccc(F)c(Cl)c2)n1. The van der Waals surface area contributed by atoms with E-state index in [4.69, 9.17) is 16.7 Å². The van der Waals surface area contributed by atoms with Crippen LogP contribution in [0.2, 0.25) is 5.02 Å². The Morgan fingerprint density at radius 1 is 1.33 bits per heavy atom. The summed E-state index contributed by atoms with van der Waals surface area (Å²) in [7, 11) is 0. The lowest BCUT2D eigenvalue weighted by atomic mass is 10.1. The molecule has 0 bridgehead atoms. The number of hydrogen-bond donors (Lipinski definition) is 2. The van der Waals surface area contributed by atoms with Crippen molar-refractivity contribution >= 4 is 29.1 Å². The van der Waals surface area contributed by atoms with Crippen molar-refractivity contribution in [1.82, 2.24) is 4.98 Å².